The van der Waals surface area contributed by atoms with E-state index in [2.05, 4.69) is 10.3 Å². The van der Waals surface area contributed by atoms with Crippen LogP contribution in [0.2, 0.25) is 0 Å². The van der Waals surface area contributed by atoms with Crippen LogP contribution in [0.4, 0.5) is 8.78 Å². The van der Waals surface area contributed by atoms with E-state index in [0.717, 1.165) is 12.1 Å². The Morgan fingerprint density at radius 1 is 1.25 bits per heavy atom. The van der Waals surface area contributed by atoms with Gasteiger partial charge in [0.05, 0.1) is 12.2 Å². The highest BCUT2D eigenvalue weighted by molar-refractivity contribution is 5.77. The molecule has 4 rings (SSSR count). The van der Waals surface area contributed by atoms with Crippen LogP contribution in [-0.2, 0) is 11.3 Å². The fourth-order valence-corrected chi connectivity index (χ4v) is 4.37. The molecule has 132 valence electrons. The van der Waals surface area contributed by atoms with Crippen LogP contribution in [0, 0.1) is 5.92 Å². The summed E-state index contributed by atoms with van der Waals surface area (Å²) in [6.45, 7) is 1.22. The number of aromatic nitrogens is 3. The Bertz CT molecular complexity index is 603. The lowest BCUT2D eigenvalue weighted by molar-refractivity contribution is -0.163. The third-order valence-corrected chi connectivity index (χ3v) is 5.94. The molecule has 5 nitrogen and oxygen atoms in total. The minimum absolute atomic E-state index is 0.0157. The highest BCUT2D eigenvalue weighted by Gasteiger charge is 2.52. The van der Waals surface area contributed by atoms with Gasteiger partial charge in [-0.2, -0.15) is 0 Å². The fraction of sp³-hybridized carbons (Fsp3) is 0.824. The lowest BCUT2D eigenvalue weighted by Crippen LogP contribution is -2.59. The zero-order valence-electron chi connectivity index (χ0n) is 13.8. The lowest BCUT2D eigenvalue weighted by Gasteiger charge is -2.50. The maximum Gasteiger partial charge on any atom is 0.248 e. The summed E-state index contributed by atoms with van der Waals surface area (Å²) in [4.78, 5) is 14.1. The molecular weight excluding hydrogens is 314 g/mol. The average Bonchev–Trinajstić information content (AvgIpc) is 3.13. The van der Waals surface area contributed by atoms with Crippen molar-refractivity contribution in [2.75, 3.05) is 6.54 Å². The molecular formula is C17H24F2N4O. The fourth-order valence-electron chi connectivity index (χ4n) is 4.37. The van der Waals surface area contributed by atoms with Gasteiger partial charge in [0.2, 0.25) is 11.8 Å². The third-order valence-electron chi connectivity index (χ3n) is 5.94. The maximum atomic E-state index is 13.0. The van der Waals surface area contributed by atoms with Crippen LogP contribution >= 0.6 is 0 Å². The molecule has 2 heterocycles. The van der Waals surface area contributed by atoms with E-state index in [9.17, 15) is 13.6 Å². The van der Waals surface area contributed by atoms with Crippen LogP contribution in [0.25, 0.3) is 0 Å². The summed E-state index contributed by atoms with van der Waals surface area (Å²) in [5, 5.41) is 8.37. The van der Waals surface area contributed by atoms with Crippen molar-refractivity contribution in [3.63, 3.8) is 0 Å². The Labute approximate surface area is 140 Å². The molecule has 24 heavy (non-hydrogen) atoms. The number of carbonyl (C=O) groups is 1. The molecule has 0 radical (unpaired) electrons. The molecule has 0 aromatic carbocycles. The summed E-state index contributed by atoms with van der Waals surface area (Å²) < 4.78 is 27.8. The topological polar surface area (TPSA) is 51.0 Å². The van der Waals surface area contributed by atoms with Crippen LogP contribution < -0.4 is 0 Å². The highest BCUT2D eigenvalue weighted by Crippen LogP contribution is 2.48. The van der Waals surface area contributed by atoms with Crippen LogP contribution in [0.3, 0.4) is 0 Å². The zero-order valence-corrected chi connectivity index (χ0v) is 13.8. The summed E-state index contributed by atoms with van der Waals surface area (Å²) in [5.74, 6) is -1.95. The first-order valence-corrected chi connectivity index (χ1v) is 9.09. The Hall–Kier alpha value is -1.53. The van der Waals surface area contributed by atoms with Crippen molar-refractivity contribution in [2.24, 2.45) is 5.92 Å². The summed E-state index contributed by atoms with van der Waals surface area (Å²) in [5.41, 5.74) is 1.04. The van der Waals surface area contributed by atoms with Gasteiger partial charge in [0.25, 0.3) is 0 Å². The van der Waals surface area contributed by atoms with Crippen molar-refractivity contribution in [3.05, 3.63) is 11.9 Å². The SMILES string of the molecule is O=C(CCn1cc(C2CCCC2)nn1)N1CCC1C1CC(F)(F)C1. The first-order valence-electron chi connectivity index (χ1n) is 9.09. The standard InChI is InChI=1S/C17H24F2N4O/c18-17(19)9-13(10-17)15-5-8-23(15)16(24)6-7-22-11-14(20-21-22)12-3-1-2-4-12/h11-13,15H,1-10H2. The Balaban J connectivity index is 1.26. The Kier molecular flexibility index (Phi) is 4.04. The molecule has 7 heteroatoms. The second-order valence-electron chi connectivity index (χ2n) is 7.61. The molecule has 1 saturated heterocycles. The number of carbonyl (C=O) groups excluding carboxylic acids is 1. The van der Waals surface area contributed by atoms with E-state index in [1.807, 2.05) is 6.20 Å². The van der Waals surface area contributed by atoms with Crippen LogP contribution in [-0.4, -0.2) is 44.3 Å². The van der Waals surface area contributed by atoms with Gasteiger partial charge in [-0.3, -0.25) is 9.48 Å². The highest BCUT2D eigenvalue weighted by atomic mass is 19.3. The minimum Gasteiger partial charge on any atom is -0.339 e. The second-order valence-corrected chi connectivity index (χ2v) is 7.61. The summed E-state index contributed by atoms with van der Waals surface area (Å²) in [7, 11) is 0. The molecule has 1 amide bonds. The van der Waals surface area contributed by atoms with Gasteiger partial charge in [-0.1, -0.05) is 18.1 Å². The molecule has 0 spiro atoms. The maximum absolute atomic E-state index is 13.0. The van der Waals surface area contributed by atoms with E-state index >= 15 is 0 Å². The summed E-state index contributed by atoms with van der Waals surface area (Å²) in [6.07, 6.45) is 7.94. The number of nitrogens with zero attached hydrogens (tertiary/aromatic N) is 4. The van der Waals surface area contributed by atoms with E-state index < -0.39 is 5.92 Å². The summed E-state index contributed by atoms with van der Waals surface area (Å²) >= 11 is 0. The largest absolute Gasteiger partial charge is 0.339 e. The van der Waals surface area contributed by atoms with Gasteiger partial charge in [0.1, 0.15) is 0 Å². The minimum atomic E-state index is -2.51. The molecule has 1 unspecified atom stereocenters. The van der Waals surface area contributed by atoms with E-state index in [1.165, 1.54) is 25.7 Å². The first kappa shape index (κ1) is 16.0. The Morgan fingerprint density at radius 3 is 2.62 bits per heavy atom. The van der Waals surface area contributed by atoms with E-state index in [1.54, 1.807) is 9.58 Å². The van der Waals surface area contributed by atoms with Crippen molar-refractivity contribution in [1.29, 1.82) is 0 Å². The number of likely N-dealkylation sites (tertiary alicyclic amines) is 1. The monoisotopic (exact) mass is 338 g/mol. The van der Waals surface area contributed by atoms with E-state index in [-0.39, 0.29) is 30.7 Å². The average molecular weight is 338 g/mol. The van der Waals surface area contributed by atoms with Gasteiger partial charge in [-0.15, -0.1) is 5.10 Å². The molecule has 0 bridgehead atoms. The quantitative estimate of drug-likeness (QED) is 0.829. The number of hydrogen-bond acceptors (Lipinski definition) is 3. The summed E-state index contributed by atoms with van der Waals surface area (Å²) in [6, 6.07) is 0.0296. The number of halogens is 2. The van der Waals surface area contributed by atoms with Gasteiger partial charge < -0.3 is 4.90 Å². The predicted molar refractivity (Wildman–Crippen MR) is 83.6 cm³/mol. The normalized spacial score (nSPS) is 27.1. The third kappa shape index (κ3) is 3.05. The van der Waals surface area contributed by atoms with Crippen molar-refractivity contribution in [3.8, 4) is 0 Å². The Morgan fingerprint density at radius 2 is 2.00 bits per heavy atom. The number of aryl methyl sites for hydroxylation is 1. The molecule has 1 aromatic rings. The molecule has 1 aromatic heterocycles. The lowest BCUT2D eigenvalue weighted by atomic mass is 9.72. The predicted octanol–water partition coefficient (Wildman–Crippen LogP) is 2.97. The second kappa shape index (κ2) is 6.08. The number of amides is 1. The van der Waals surface area contributed by atoms with Gasteiger partial charge >= 0.3 is 0 Å². The van der Waals surface area contributed by atoms with Gasteiger partial charge in [0, 0.05) is 44.0 Å². The number of rotatable bonds is 5. The van der Waals surface area contributed by atoms with Crippen molar-refractivity contribution < 1.29 is 13.6 Å². The molecule has 2 saturated carbocycles. The van der Waals surface area contributed by atoms with Crippen molar-refractivity contribution >= 4 is 5.91 Å². The van der Waals surface area contributed by atoms with Crippen LogP contribution in [0.1, 0.15) is 63.0 Å². The van der Waals surface area contributed by atoms with Crippen molar-refractivity contribution in [2.45, 2.75) is 75.8 Å². The van der Waals surface area contributed by atoms with Gasteiger partial charge in [-0.05, 0) is 25.2 Å². The molecule has 2 aliphatic carbocycles. The van der Waals surface area contributed by atoms with E-state index in [0.29, 0.717) is 25.4 Å². The van der Waals surface area contributed by atoms with Gasteiger partial charge in [-0.25, -0.2) is 8.78 Å². The van der Waals surface area contributed by atoms with Crippen LogP contribution in [0.5, 0.6) is 0 Å². The van der Waals surface area contributed by atoms with Crippen LogP contribution in [0.15, 0.2) is 6.20 Å². The molecule has 0 N–H and O–H groups in total. The first-order chi connectivity index (χ1) is 11.5. The molecule has 1 aliphatic heterocycles. The number of hydrogen-bond donors (Lipinski definition) is 0. The van der Waals surface area contributed by atoms with E-state index in [4.69, 9.17) is 0 Å². The number of alkyl halides is 2. The molecule has 3 aliphatic rings. The van der Waals surface area contributed by atoms with Crippen molar-refractivity contribution in [1.82, 2.24) is 19.9 Å². The smallest absolute Gasteiger partial charge is 0.248 e. The molecule has 3 fully saturated rings. The molecule has 1 atom stereocenters. The van der Waals surface area contributed by atoms with Gasteiger partial charge in [0.15, 0.2) is 0 Å². The zero-order chi connectivity index (χ0) is 16.7.